The minimum Gasteiger partial charge on any atom is -0.494 e. The largest absolute Gasteiger partial charge is 0.494 e. The summed E-state index contributed by atoms with van der Waals surface area (Å²) in [5.74, 6) is 0.355. The van der Waals surface area contributed by atoms with Crippen LogP contribution in [0.1, 0.15) is 11.1 Å². The standard InChI is InChI=1S/C22H17ClN4O4S/c1-31-18-9-8-17(23)21-20(18)25-22(32-21)26(13-15-3-2-10-24-12-15)19(28)11-14-4-6-16(7-5-14)27(29)30/h2-10,12H,11,13H2,1H3. The molecule has 8 nitrogen and oxygen atoms in total. The van der Waals surface area contributed by atoms with Gasteiger partial charge in [-0.05, 0) is 29.3 Å². The lowest BCUT2D eigenvalue weighted by Gasteiger charge is -2.20. The van der Waals surface area contributed by atoms with E-state index in [1.165, 1.54) is 23.5 Å². The van der Waals surface area contributed by atoms with Crippen LogP contribution < -0.4 is 9.64 Å². The van der Waals surface area contributed by atoms with Crippen LogP contribution >= 0.6 is 22.9 Å². The van der Waals surface area contributed by atoms with Crippen molar-refractivity contribution in [2.24, 2.45) is 0 Å². The molecule has 4 aromatic rings. The highest BCUT2D eigenvalue weighted by Gasteiger charge is 2.23. The van der Waals surface area contributed by atoms with Crippen LogP contribution in [0.2, 0.25) is 5.02 Å². The van der Waals surface area contributed by atoms with Crippen molar-refractivity contribution in [1.82, 2.24) is 9.97 Å². The molecular weight excluding hydrogens is 452 g/mol. The van der Waals surface area contributed by atoms with Crippen molar-refractivity contribution in [3.63, 3.8) is 0 Å². The van der Waals surface area contributed by atoms with Crippen LogP contribution in [0.3, 0.4) is 0 Å². The van der Waals surface area contributed by atoms with Gasteiger partial charge in [-0.2, -0.15) is 0 Å². The fraction of sp³-hybridized carbons (Fsp3) is 0.136. The molecule has 0 aliphatic heterocycles. The van der Waals surface area contributed by atoms with E-state index in [2.05, 4.69) is 9.97 Å². The number of ether oxygens (including phenoxy) is 1. The fourth-order valence-electron chi connectivity index (χ4n) is 3.16. The van der Waals surface area contributed by atoms with Gasteiger partial charge in [0.05, 0.1) is 34.7 Å². The summed E-state index contributed by atoms with van der Waals surface area (Å²) in [7, 11) is 1.55. The molecule has 0 spiro atoms. The minimum atomic E-state index is -0.474. The predicted molar refractivity (Wildman–Crippen MR) is 123 cm³/mol. The average molecular weight is 469 g/mol. The number of pyridine rings is 1. The summed E-state index contributed by atoms with van der Waals surface area (Å²) in [6.45, 7) is 0.263. The lowest BCUT2D eigenvalue weighted by Crippen LogP contribution is -2.31. The molecular formula is C22H17ClN4O4S. The molecule has 4 rings (SSSR count). The Hall–Kier alpha value is -3.56. The summed E-state index contributed by atoms with van der Waals surface area (Å²) < 4.78 is 6.12. The second kappa shape index (κ2) is 9.29. The number of fused-ring (bicyclic) bond motifs is 1. The number of methoxy groups -OCH3 is 1. The van der Waals surface area contributed by atoms with Gasteiger partial charge in [0, 0.05) is 24.5 Å². The molecule has 0 saturated carbocycles. The van der Waals surface area contributed by atoms with Gasteiger partial charge in [0.1, 0.15) is 11.3 Å². The lowest BCUT2D eigenvalue weighted by molar-refractivity contribution is -0.384. The van der Waals surface area contributed by atoms with Gasteiger partial charge >= 0.3 is 0 Å². The van der Waals surface area contributed by atoms with Gasteiger partial charge in [0.15, 0.2) is 5.13 Å². The number of non-ortho nitro benzene ring substituents is 1. The number of nitro benzene ring substituents is 1. The Kier molecular flexibility index (Phi) is 6.29. The molecule has 2 aromatic heterocycles. The van der Waals surface area contributed by atoms with Gasteiger partial charge in [-0.25, -0.2) is 4.98 Å². The Labute approximate surface area is 192 Å². The second-order valence-corrected chi connectivity index (χ2v) is 8.25. The number of amides is 1. The Morgan fingerprint density at radius 1 is 1.19 bits per heavy atom. The third-order valence-electron chi connectivity index (χ3n) is 4.77. The molecule has 162 valence electrons. The van der Waals surface area contributed by atoms with Crippen LogP contribution in [0.4, 0.5) is 10.8 Å². The number of rotatable bonds is 7. The monoisotopic (exact) mass is 468 g/mol. The first-order valence-electron chi connectivity index (χ1n) is 9.52. The SMILES string of the molecule is COc1ccc(Cl)c2sc(N(Cc3cccnc3)C(=O)Cc3ccc([N+](=O)[O-])cc3)nc12. The second-order valence-electron chi connectivity index (χ2n) is 6.87. The molecule has 0 bridgehead atoms. The van der Waals surface area contributed by atoms with Gasteiger partial charge < -0.3 is 4.74 Å². The Morgan fingerprint density at radius 2 is 1.97 bits per heavy atom. The molecule has 0 aliphatic rings. The fourth-order valence-corrected chi connectivity index (χ4v) is 4.44. The van der Waals surface area contributed by atoms with Gasteiger partial charge in [0.2, 0.25) is 5.91 Å². The maximum absolute atomic E-state index is 13.3. The lowest BCUT2D eigenvalue weighted by atomic mass is 10.1. The molecule has 0 unspecified atom stereocenters. The highest BCUT2D eigenvalue weighted by molar-refractivity contribution is 7.23. The number of hydrogen-bond acceptors (Lipinski definition) is 7. The summed E-state index contributed by atoms with van der Waals surface area (Å²) in [6, 6.07) is 13.1. The highest BCUT2D eigenvalue weighted by Crippen LogP contribution is 2.39. The summed E-state index contributed by atoms with van der Waals surface area (Å²) in [5, 5.41) is 11.9. The zero-order valence-electron chi connectivity index (χ0n) is 16.9. The van der Waals surface area contributed by atoms with Gasteiger partial charge in [0.25, 0.3) is 5.69 Å². The van der Waals surface area contributed by atoms with Crippen molar-refractivity contribution in [2.45, 2.75) is 13.0 Å². The highest BCUT2D eigenvalue weighted by atomic mass is 35.5. The van der Waals surface area contributed by atoms with Crippen molar-refractivity contribution < 1.29 is 14.5 Å². The molecule has 32 heavy (non-hydrogen) atoms. The van der Waals surface area contributed by atoms with Crippen LogP contribution in [0, 0.1) is 10.1 Å². The molecule has 2 heterocycles. The van der Waals surface area contributed by atoms with E-state index in [1.54, 1.807) is 54.7 Å². The topological polar surface area (TPSA) is 98.5 Å². The van der Waals surface area contributed by atoms with E-state index in [0.29, 0.717) is 27.0 Å². The smallest absolute Gasteiger partial charge is 0.269 e. The first kappa shape index (κ1) is 21.7. The number of hydrogen-bond donors (Lipinski definition) is 0. The number of anilines is 1. The molecule has 0 N–H and O–H groups in total. The number of benzene rings is 2. The number of aromatic nitrogens is 2. The van der Waals surface area contributed by atoms with Crippen molar-refractivity contribution >= 4 is 49.9 Å². The van der Waals surface area contributed by atoms with Crippen molar-refractivity contribution in [3.8, 4) is 5.75 Å². The van der Waals surface area contributed by atoms with Crippen LogP contribution in [-0.2, 0) is 17.8 Å². The number of carbonyl (C=O) groups excluding carboxylic acids is 1. The number of thiazole rings is 1. The third-order valence-corrected chi connectivity index (χ3v) is 6.30. The summed E-state index contributed by atoms with van der Waals surface area (Å²) >= 11 is 7.66. The number of nitrogens with zero attached hydrogens (tertiary/aromatic N) is 4. The average Bonchev–Trinajstić information content (AvgIpc) is 3.25. The molecule has 2 aromatic carbocycles. The molecule has 0 atom stereocenters. The molecule has 0 fully saturated rings. The normalized spacial score (nSPS) is 10.8. The van der Waals surface area contributed by atoms with Gasteiger partial charge in [-0.15, -0.1) is 0 Å². The number of nitro groups is 1. The maximum Gasteiger partial charge on any atom is 0.269 e. The third kappa shape index (κ3) is 4.53. The summed E-state index contributed by atoms with van der Waals surface area (Å²) in [4.78, 5) is 34.1. The van der Waals surface area contributed by atoms with E-state index in [0.717, 1.165) is 10.3 Å². The molecule has 0 saturated heterocycles. The van der Waals surface area contributed by atoms with Crippen LogP contribution in [0.5, 0.6) is 5.75 Å². The molecule has 0 aliphatic carbocycles. The number of carbonyl (C=O) groups is 1. The van der Waals surface area contributed by atoms with E-state index in [-0.39, 0.29) is 24.6 Å². The molecule has 1 amide bonds. The first-order valence-corrected chi connectivity index (χ1v) is 10.7. The summed E-state index contributed by atoms with van der Waals surface area (Å²) in [5.41, 5.74) is 2.05. The maximum atomic E-state index is 13.3. The zero-order valence-corrected chi connectivity index (χ0v) is 18.5. The quantitative estimate of drug-likeness (QED) is 0.278. The minimum absolute atomic E-state index is 0.0266. The van der Waals surface area contributed by atoms with E-state index < -0.39 is 4.92 Å². The summed E-state index contributed by atoms with van der Waals surface area (Å²) in [6.07, 6.45) is 3.40. The zero-order chi connectivity index (χ0) is 22.7. The molecule has 10 heteroatoms. The van der Waals surface area contributed by atoms with Crippen molar-refractivity contribution in [1.29, 1.82) is 0 Å². The van der Waals surface area contributed by atoms with E-state index in [9.17, 15) is 14.9 Å². The van der Waals surface area contributed by atoms with Crippen molar-refractivity contribution in [2.75, 3.05) is 12.0 Å². The van der Waals surface area contributed by atoms with Crippen molar-refractivity contribution in [3.05, 3.63) is 87.2 Å². The Bertz CT molecular complexity index is 1280. The van der Waals surface area contributed by atoms with E-state index >= 15 is 0 Å². The van der Waals surface area contributed by atoms with E-state index in [1.807, 2.05) is 6.07 Å². The van der Waals surface area contributed by atoms with Crippen LogP contribution in [0.15, 0.2) is 60.9 Å². The van der Waals surface area contributed by atoms with Crippen LogP contribution in [0.25, 0.3) is 10.2 Å². The molecule has 0 radical (unpaired) electrons. The Balaban J connectivity index is 1.70. The number of halogens is 1. The van der Waals surface area contributed by atoms with E-state index in [4.69, 9.17) is 16.3 Å². The first-order chi connectivity index (χ1) is 15.5. The van der Waals surface area contributed by atoms with Gasteiger partial charge in [-0.3, -0.25) is 24.8 Å². The van der Waals surface area contributed by atoms with Crippen LogP contribution in [-0.4, -0.2) is 27.9 Å². The van der Waals surface area contributed by atoms with Gasteiger partial charge in [-0.1, -0.05) is 41.1 Å². The predicted octanol–water partition coefficient (Wildman–Crippen LogP) is 5.04. The Morgan fingerprint density at radius 3 is 2.62 bits per heavy atom.